The number of hydrogen-bond donors (Lipinski definition) is 1. The Kier molecular flexibility index (Phi) is 4.61. The molecule has 0 radical (unpaired) electrons. The molecule has 3 aliphatic heterocycles. The molecule has 0 spiro atoms. The average Bonchev–Trinajstić information content (AvgIpc) is 2.96. The van der Waals surface area contributed by atoms with E-state index in [4.69, 9.17) is 4.74 Å². The van der Waals surface area contributed by atoms with Crippen LogP contribution in [0.3, 0.4) is 0 Å². The van der Waals surface area contributed by atoms with E-state index < -0.39 is 0 Å². The van der Waals surface area contributed by atoms with Gasteiger partial charge in [0.15, 0.2) is 0 Å². The fraction of sp³-hybridized carbons (Fsp3) is 0.579. The first-order valence-corrected chi connectivity index (χ1v) is 9.28. The van der Waals surface area contributed by atoms with Crippen LogP contribution in [-0.2, 0) is 9.59 Å². The van der Waals surface area contributed by atoms with Crippen LogP contribution in [0.1, 0.15) is 32.1 Å². The fourth-order valence-electron chi connectivity index (χ4n) is 4.30. The van der Waals surface area contributed by atoms with Crippen molar-refractivity contribution in [3.8, 4) is 5.75 Å². The fourth-order valence-corrected chi connectivity index (χ4v) is 4.30. The van der Waals surface area contributed by atoms with Crippen molar-refractivity contribution in [1.29, 1.82) is 0 Å². The molecule has 25 heavy (non-hydrogen) atoms. The first-order chi connectivity index (χ1) is 12.2. The lowest BCUT2D eigenvalue weighted by Gasteiger charge is -2.33. The van der Waals surface area contributed by atoms with Crippen molar-refractivity contribution in [3.05, 3.63) is 24.3 Å². The summed E-state index contributed by atoms with van der Waals surface area (Å²) in [4.78, 5) is 29.1. The topological polar surface area (TPSA) is 61.9 Å². The number of rotatable bonds is 3. The van der Waals surface area contributed by atoms with E-state index >= 15 is 0 Å². The molecule has 0 aromatic heterocycles. The smallest absolute Gasteiger partial charge is 0.240 e. The van der Waals surface area contributed by atoms with Gasteiger partial charge in [-0.2, -0.15) is 0 Å². The van der Waals surface area contributed by atoms with Crippen molar-refractivity contribution in [1.82, 2.24) is 10.2 Å². The molecule has 1 aromatic carbocycles. The average molecular weight is 343 g/mol. The van der Waals surface area contributed by atoms with Gasteiger partial charge in [-0.1, -0.05) is 18.6 Å². The Morgan fingerprint density at radius 3 is 3.00 bits per heavy atom. The number of anilines is 1. The number of nitrogens with one attached hydrogen (secondary N) is 1. The van der Waals surface area contributed by atoms with Gasteiger partial charge in [0.25, 0.3) is 0 Å². The van der Waals surface area contributed by atoms with Crippen molar-refractivity contribution < 1.29 is 14.3 Å². The molecule has 6 heteroatoms. The van der Waals surface area contributed by atoms with Crippen LogP contribution < -0.4 is 15.0 Å². The quantitative estimate of drug-likeness (QED) is 0.904. The Morgan fingerprint density at radius 1 is 1.20 bits per heavy atom. The lowest BCUT2D eigenvalue weighted by molar-refractivity contribution is -0.124. The highest BCUT2D eigenvalue weighted by Gasteiger charge is 2.36. The van der Waals surface area contributed by atoms with Gasteiger partial charge in [-0.3, -0.25) is 19.4 Å². The number of carbonyl (C=O) groups excluding carboxylic acids is 2. The second kappa shape index (κ2) is 7.04. The molecule has 134 valence electrons. The molecule has 2 atom stereocenters. The van der Waals surface area contributed by atoms with Crippen LogP contribution in [0.25, 0.3) is 0 Å². The van der Waals surface area contributed by atoms with Crippen LogP contribution in [-0.4, -0.2) is 55.0 Å². The molecule has 3 heterocycles. The molecule has 4 rings (SSSR count). The van der Waals surface area contributed by atoms with E-state index in [0.29, 0.717) is 30.5 Å². The maximum absolute atomic E-state index is 12.6. The molecule has 2 unspecified atom stereocenters. The summed E-state index contributed by atoms with van der Waals surface area (Å²) >= 11 is 0. The minimum atomic E-state index is -0.0810. The van der Waals surface area contributed by atoms with Crippen LogP contribution in [0.5, 0.6) is 5.75 Å². The second-order valence-corrected chi connectivity index (χ2v) is 7.11. The van der Waals surface area contributed by atoms with E-state index in [1.807, 2.05) is 24.3 Å². The lowest BCUT2D eigenvalue weighted by atomic mass is 9.99. The number of para-hydroxylation sites is 2. The van der Waals surface area contributed by atoms with Crippen molar-refractivity contribution in [2.45, 2.75) is 44.2 Å². The van der Waals surface area contributed by atoms with Gasteiger partial charge >= 0.3 is 0 Å². The summed E-state index contributed by atoms with van der Waals surface area (Å²) < 4.78 is 5.63. The molecule has 2 saturated heterocycles. The number of benzene rings is 1. The third-order valence-electron chi connectivity index (χ3n) is 5.53. The van der Waals surface area contributed by atoms with Crippen LogP contribution >= 0.6 is 0 Å². The van der Waals surface area contributed by atoms with Crippen molar-refractivity contribution >= 4 is 17.5 Å². The summed E-state index contributed by atoms with van der Waals surface area (Å²) in [6, 6.07) is 8.10. The zero-order chi connectivity index (χ0) is 17.2. The summed E-state index contributed by atoms with van der Waals surface area (Å²) in [6.07, 6.45) is 4.95. The number of ether oxygens (including phenoxy) is 1. The maximum Gasteiger partial charge on any atom is 0.240 e. The molecule has 1 aromatic rings. The number of amides is 2. The van der Waals surface area contributed by atoms with Gasteiger partial charge < -0.3 is 10.1 Å². The Labute approximate surface area is 148 Å². The van der Waals surface area contributed by atoms with Gasteiger partial charge in [-0.25, -0.2) is 0 Å². The zero-order valence-electron chi connectivity index (χ0n) is 14.4. The number of hydrogen-bond acceptors (Lipinski definition) is 4. The molecule has 6 nitrogen and oxygen atoms in total. The van der Waals surface area contributed by atoms with Crippen LogP contribution in [0.4, 0.5) is 5.69 Å². The third-order valence-corrected chi connectivity index (χ3v) is 5.53. The van der Waals surface area contributed by atoms with Gasteiger partial charge in [0.2, 0.25) is 11.8 Å². The zero-order valence-corrected chi connectivity index (χ0v) is 14.4. The third kappa shape index (κ3) is 3.35. The monoisotopic (exact) mass is 343 g/mol. The molecule has 2 amide bonds. The van der Waals surface area contributed by atoms with E-state index in [1.54, 1.807) is 4.90 Å². The Hall–Kier alpha value is -2.08. The molecule has 0 saturated carbocycles. The van der Waals surface area contributed by atoms with Crippen LogP contribution in [0.2, 0.25) is 0 Å². The van der Waals surface area contributed by atoms with Crippen molar-refractivity contribution in [3.63, 3.8) is 0 Å². The molecular weight excluding hydrogens is 318 g/mol. The van der Waals surface area contributed by atoms with Gasteiger partial charge in [-0.05, 0) is 37.9 Å². The van der Waals surface area contributed by atoms with Crippen molar-refractivity contribution in [2.75, 3.05) is 31.1 Å². The minimum Gasteiger partial charge on any atom is -0.491 e. The van der Waals surface area contributed by atoms with Gasteiger partial charge in [-0.15, -0.1) is 0 Å². The largest absolute Gasteiger partial charge is 0.491 e. The molecule has 1 N–H and O–H groups in total. The van der Waals surface area contributed by atoms with E-state index in [-0.39, 0.29) is 24.4 Å². The normalized spacial score (nSPS) is 26.4. The summed E-state index contributed by atoms with van der Waals surface area (Å²) in [6.45, 7) is 2.62. The van der Waals surface area contributed by atoms with E-state index in [9.17, 15) is 9.59 Å². The van der Waals surface area contributed by atoms with Gasteiger partial charge in [0, 0.05) is 18.6 Å². The maximum atomic E-state index is 12.6. The highest BCUT2D eigenvalue weighted by atomic mass is 16.5. The van der Waals surface area contributed by atoms with E-state index in [2.05, 4.69) is 10.2 Å². The number of nitrogens with zero attached hydrogens (tertiary/aromatic N) is 2. The highest BCUT2D eigenvalue weighted by Crippen LogP contribution is 2.31. The second-order valence-electron chi connectivity index (χ2n) is 7.11. The number of fused-ring (bicyclic) bond motifs is 2. The van der Waals surface area contributed by atoms with Crippen LogP contribution in [0, 0.1) is 0 Å². The van der Waals surface area contributed by atoms with Gasteiger partial charge in [0.05, 0.1) is 18.7 Å². The standard InChI is InChI=1S/C19H25N3O3/c23-18(20-14-8-11-21-10-4-3-5-15(14)21)13-22-16-6-1-2-7-17(16)25-12-9-19(22)24/h1-2,6-7,14-15H,3-5,8-13H2,(H,20,23). The first kappa shape index (κ1) is 16.4. The SMILES string of the molecule is O=C(CN1C(=O)CCOc2ccccc21)NC1CCN2CCCCC12. The number of carbonyl (C=O) groups is 2. The summed E-state index contributed by atoms with van der Waals surface area (Å²) in [5, 5.41) is 3.18. The number of piperidine rings is 1. The minimum absolute atomic E-state index is 0.0580. The molecule has 0 aliphatic carbocycles. The highest BCUT2D eigenvalue weighted by molar-refractivity contribution is 6.00. The predicted molar refractivity (Wildman–Crippen MR) is 94.7 cm³/mol. The molecular formula is C19H25N3O3. The van der Waals surface area contributed by atoms with E-state index in [1.165, 1.54) is 12.8 Å². The lowest BCUT2D eigenvalue weighted by Crippen LogP contribution is -2.50. The Balaban J connectivity index is 1.44. The summed E-state index contributed by atoms with van der Waals surface area (Å²) in [5.74, 6) is 0.522. The van der Waals surface area contributed by atoms with Crippen LogP contribution in [0.15, 0.2) is 24.3 Å². The summed E-state index contributed by atoms with van der Waals surface area (Å²) in [7, 11) is 0. The molecule has 2 fully saturated rings. The van der Waals surface area contributed by atoms with Crippen molar-refractivity contribution in [2.24, 2.45) is 0 Å². The molecule has 3 aliphatic rings. The predicted octanol–water partition coefficient (Wildman–Crippen LogP) is 1.55. The first-order valence-electron chi connectivity index (χ1n) is 9.28. The molecule has 0 bridgehead atoms. The Bertz CT molecular complexity index is 663. The van der Waals surface area contributed by atoms with E-state index in [0.717, 1.165) is 25.9 Å². The summed E-state index contributed by atoms with van der Waals surface area (Å²) in [5.41, 5.74) is 0.686. The Morgan fingerprint density at radius 2 is 2.08 bits per heavy atom. The van der Waals surface area contributed by atoms with Gasteiger partial charge in [0.1, 0.15) is 12.3 Å².